The first kappa shape index (κ1) is 25.7. The molecule has 2 fully saturated rings. The topological polar surface area (TPSA) is 186 Å². The molecule has 0 aromatic heterocycles. The van der Waals surface area contributed by atoms with Gasteiger partial charge in [-0.05, 0) is 0 Å². The number of ether oxygens (including phenoxy) is 7. The molecular weight excluding hydrogens is 448 g/mol. The summed E-state index contributed by atoms with van der Waals surface area (Å²) >= 11 is 0. The average Bonchev–Trinajstić information content (AvgIpc) is 2.82. The summed E-state index contributed by atoms with van der Waals surface area (Å²) in [5.41, 5.74) is 0. The van der Waals surface area contributed by atoms with Crippen molar-refractivity contribution in [1.29, 1.82) is 0 Å². The molecule has 2 saturated heterocycles. The summed E-state index contributed by atoms with van der Waals surface area (Å²) < 4.78 is 37.5. The van der Waals surface area contributed by atoms with Crippen molar-refractivity contribution >= 4 is 0 Å². The third kappa shape index (κ3) is 5.42. The summed E-state index contributed by atoms with van der Waals surface area (Å²) in [6, 6.07) is 2.92. The van der Waals surface area contributed by atoms with Crippen molar-refractivity contribution in [2.75, 3.05) is 34.5 Å². The Bertz CT molecular complexity index is 751. The van der Waals surface area contributed by atoms with Gasteiger partial charge in [0.25, 0.3) is 0 Å². The molecule has 0 bridgehead atoms. The highest BCUT2D eigenvalue weighted by molar-refractivity contribution is 5.55. The fourth-order valence-corrected chi connectivity index (χ4v) is 3.53. The summed E-state index contributed by atoms with van der Waals surface area (Å²) in [6.45, 7) is -0.671. The predicted molar refractivity (Wildman–Crippen MR) is 107 cm³/mol. The molecule has 0 amide bonds. The smallest absolute Gasteiger partial charge is 0.229 e. The molecule has 9 atom stereocenters. The van der Waals surface area contributed by atoms with Crippen molar-refractivity contribution in [3.63, 3.8) is 0 Å². The highest BCUT2D eigenvalue weighted by Crippen LogP contribution is 2.41. The Hall–Kier alpha value is -1.94. The second-order valence-corrected chi connectivity index (χ2v) is 7.58. The summed E-state index contributed by atoms with van der Waals surface area (Å²) in [5, 5.41) is 60.2. The van der Waals surface area contributed by atoms with Crippen molar-refractivity contribution in [2.24, 2.45) is 0 Å². The van der Waals surface area contributed by atoms with E-state index in [0.29, 0.717) is 5.75 Å². The molecule has 6 N–H and O–H groups in total. The van der Waals surface area contributed by atoms with E-state index in [2.05, 4.69) is 0 Å². The molecule has 0 unspecified atom stereocenters. The summed E-state index contributed by atoms with van der Waals surface area (Å²) in [6.07, 6.45) is -13.1. The monoisotopic (exact) mass is 478 g/mol. The van der Waals surface area contributed by atoms with E-state index in [9.17, 15) is 30.6 Å². The van der Waals surface area contributed by atoms with Crippen LogP contribution in [0.15, 0.2) is 12.1 Å². The molecule has 0 spiro atoms. The quantitative estimate of drug-likeness (QED) is 0.228. The Morgan fingerprint density at radius 3 is 1.97 bits per heavy atom. The van der Waals surface area contributed by atoms with Crippen LogP contribution in [0, 0.1) is 0 Å². The Kier molecular flexibility index (Phi) is 8.55. The number of hydrogen-bond donors (Lipinski definition) is 6. The molecule has 2 aliphatic rings. The molecule has 33 heavy (non-hydrogen) atoms. The van der Waals surface area contributed by atoms with Crippen molar-refractivity contribution in [2.45, 2.75) is 55.3 Å². The third-order valence-electron chi connectivity index (χ3n) is 5.44. The molecular formula is C20H30O13. The lowest BCUT2D eigenvalue weighted by molar-refractivity contribution is -0.307. The van der Waals surface area contributed by atoms with E-state index in [1.54, 1.807) is 0 Å². The third-order valence-corrected chi connectivity index (χ3v) is 5.44. The zero-order valence-corrected chi connectivity index (χ0v) is 18.3. The van der Waals surface area contributed by atoms with Crippen LogP contribution in [0.3, 0.4) is 0 Å². The lowest BCUT2D eigenvalue weighted by atomic mass is 9.99. The van der Waals surface area contributed by atoms with Crippen LogP contribution in [0.25, 0.3) is 0 Å². The van der Waals surface area contributed by atoms with Gasteiger partial charge < -0.3 is 63.8 Å². The van der Waals surface area contributed by atoms with E-state index in [1.807, 2.05) is 0 Å². The first-order valence-electron chi connectivity index (χ1n) is 10.2. The van der Waals surface area contributed by atoms with Gasteiger partial charge >= 0.3 is 0 Å². The van der Waals surface area contributed by atoms with Gasteiger partial charge in [0.15, 0.2) is 17.8 Å². The van der Waals surface area contributed by atoms with Gasteiger partial charge in [-0.2, -0.15) is 0 Å². The number of aliphatic hydroxyl groups is 6. The molecule has 0 saturated carbocycles. The minimum Gasteiger partial charge on any atom is -0.493 e. The van der Waals surface area contributed by atoms with Crippen LogP contribution in [0.5, 0.6) is 23.0 Å². The van der Waals surface area contributed by atoms with E-state index in [1.165, 1.54) is 33.5 Å². The Morgan fingerprint density at radius 2 is 1.39 bits per heavy atom. The molecule has 1 aromatic carbocycles. The van der Waals surface area contributed by atoms with Gasteiger partial charge in [0.1, 0.15) is 48.5 Å². The van der Waals surface area contributed by atoms with Crippen LogP contribution in [0.1, 0.15) is 0 Å². The molecule has 188 valence electrons. The van der Waals surface area contributed by atoms with E-state index >= 15 is 0 Å². The standard InChI is InChI=1S/C20H30O13/c1-27-10-4-8(5-11(28-2)18(10)29-3)32-20-17(26)15(24)14(23)12(33-20)7-31-19-16(25)13(22)9(21)6-30-19/h4-5,9,12-17,19-26H,6-7H2,1-3H3/t9-,12+,13+,14+,15-,16-,17+,19-,20-/m0/s1. The van der Waals surface area contributed by atoms with Gasteiger partial charge in [-0.3, -0.25) is 0 Å². The molecule has 2 aliphatic heterocycles. The first-order chi connectivity index (χ1) is 15.7. The minimum absolute atomic E-state index is 0.153. The zero-order valence-electron chi connectivity index (χ0n) is 18.3. The number of benzene rings is 1. The van der Waals surface area contributed by atoms with E-state index in [0.717, 1.165) is 0 Å². The minimum atomic E-state index is -1.65. The molecule has 3 rings (SSSR count). The van der Waals surface area contributed by atoms with Crippen molar-refractivity contribution in [3.8, 4) is 23.0 Å². The number of aliphatic hydroxyl groups excluding tert-OH is 6. The maximum Gasteiger partial charge on any atom is 0.229 e. The van der Waals surface area contributed by atoms with Gasteiger partial charge in [0, 0.05) is 12.1 Å². The second kappa shape index (κ2) is 11.0. The fraction of sp³-hybridized carbons (Fsp3) is 0.700. The molecule has 13 heteroatoms. The van der Waals surface area contributed by atoms with Crippen LogP contribution in [0.4, 0.5) is 0 Å². The summed E-state index contributed by atoms with van der Waals surface area (Å²) in [4.78, 5) is 0. The van der Waals surface area contributed by atoms with Gasteiger partial charge in [0.2, 0.25) is 12.0 Å². The zero-order chi connectivity index (χ0) is 24.3. The van der Waals surface area contributed by atoms with E-state index in [4.69, 9.17) is 33.2 Å². The Balaban J connectivity index is 1.71. The van der Waals surface area contributed by atoms with Crippen LogP contribution in [0.2, 0.25) is 0 Å². The molecule has 0 aliphatic carbocycles. The second-order valence-electron chi connectivity index (χ2n) is 7.58. The fourth-order valence-electron chi connectivity index (χ4n) is 3.53. The maximum absolute atomic E-state index is 10.4. The number of hydrogen-bond acceptors (Lipinski definition) is 13. The first-order valence-corrected chi connectivity index (χ1v) is 10.2. The van der Waals surface area contributed by atoms with Crippen LogP contribution >= 0.6 is 0 Å². The normalized spacial score (nSPS) is 36.8. The summed E-state index contributed by atoms with van der Waals surface area (Å²) in [7, 11) is 4.26. The Morgan fingerprint density at radius 1 is 0.788 bits per heavy atom. The van der Waals surface area contributed by atoms with Crippen molar-refractivity contribution in [3.05, 3.63) is 12.1 Å². The van der Waals surface area contributed by atoms with Crippen molar-refractivity contribution < 1.29 is 63.8 Å². The molecule has 0 radical (unpaired) electrons. The average molecular weight is 478 g/mol. The van der Waals surface area contributed by atoms with Crippen LogP contribution < -0.4 is 18.9 Å². The highest BCUT2D eigenvalue weighted by atomic mass is 16.7. The molecule has 1 aromatic rings. The Labute approximate surface area is 189 Å². The predicted octanol–water partition coefficient (Wildman–Crippen LogP) is -2.65. The van der Waals surface area contributed by atoms with Gasteiger partial charge in [-0.15, -0.1) is 0 Å². The SMILES string of the molecule is COc1cc(O[C@H]2O[C@H](CO[C@@H]3OC[C@H](O)[C@@H](O)[C@@H]3O)[C@@H](O)[C@H](O)[C@H]2O)cc(OC)c1OC. The molecule has 13 nitrogen and oxygen atoms in total. The number of methoxy groups -OCH3 is 3. The largest absolute Gasteiger partial charge is 0.493 e. The van der Waals surface area contributed by atoms with Gasteiger partial charge in [-0.25, -0.2) is 0 Å². The number of rotatable bonds is 8. The van der Waals surface area contributed by atoms with Gasteiger partial charge in [-0.1, -0.05) is 0 Å². The van der Waals surface area contributed by atoms with Gasteiger partial charge in [0.05, 0.1) is 34.5 Å². The maximum atomic E-state index is 10.4. The highest BCUT2D eigenvalue weighted by Gasteiger charge is 2.46. The van der Waals surface area contributed by atoms with Crippen LogP contribution in [-0.4, -0.2) is 120 Å². The van der Waals surface area contributed by atoms with E-state index < -0.39 is 61.9 Å². The lowest BCUT2D eigenvalue weighted by Gasteiger charge is -2.41. The van der Waals surface area contributed by atoms with E-state index in [-0.39, 0.29) is 23.9 Å². The molecule has 2 heterocycles. The van der Waals surface area contributed by atoms with Crippen LogP contribution in [-0.2, 0) is 14.2 Å². The summed E-state index contributed by atoms with van der Waals surface area (Å²) in [5.74, 6) is 1.03. The lowest BCUT2D eigenvalue weighted by Crippen LogP contribution is -2.61. The van der Waals surface area contributed by atoms with Crippen molar-refractivity contribution in [1.82, 2.24) is 0 Å².